The molecular weight excluding hydrogens is 470 g/mol. The lowest BCUT2D eigenvalue weighted by Crippen LogP contribution is -2.56. The van der Waals surface area contributed by atoms with Gasteiger partial charge in [0.25, 0.3) is 0 Å². The van der Waals surface area contributed by atoms with E-state index in [1.807, 2.05) is 26.2 Å². The first-order valence-corrected chi connectivity index (χ1v) is 13.1. The number of rotatable bonds is 13. The summed E-state index contributed by atoms with van der Waals surface area (Å²) in [6.45, 7) is 8.97. The van der Waals surface area contributed by atoms with Crippen molar-refractivity contribution >= 4 is 35.6 Å². The van der Waals surface area contributed by atoms with Crippen molar-refractivity contribution in [3.63, 3.8) is 0 Å². The minimum atomic E-state index is -1.17. The molecule has 0 bridgehead atoms. The number of carboxylic acid groups (broad SMARTS) is 1. The number of amides is 3. The summed E-state index contributed by atoms with van der Waals surface area (Å²) in [5.41, 5.74) is 0.0401. The van der Waals surface area contributed by atoms with Gasteiger partial charge in [0.2, 0.25) is 11.8 Å². The van der Waals surface area contributed by atoms with E-state index in [-0.39, 0.29) is 12.3 Å². The minimum absolute atomic E-state index is 0.0481. The third-order valence-corrected chi connectivity index (χ3v) is 5.50. The van der Waals surface area contributed by atoms with Crippen molar-refractivity contribution in [1.29, 1.82) is 0 Å². The minimum Gasteiger partial charge on any atom is -0.480 e. The Morgan fingerprint density at radius 2 is 1.51 bits per heavy atom. The van der Waals surface area contributed by atoms with E-state index in [9.17, 15) is 24.3 Å². The maximum atomic E-state index is 13.1. The number of aliphatic carboxylic acids is 1. The second kappa shape index (κ2) is 14.6. The Hall–Kier alpha value is -2.75. The quantitative estimate of drug-likeness (QED) is 0.321. The molecule has 0 unspecified atom stereocenters. The smallest absolute Gasteiger partial charge is 0.408 e. The number of carboxylic acids is 1. The fraction of sp³-hybridized carbons (Fsp3) is 0.600. The first kappa shape index (κ1) is 30.3. The summed E-state index contributed by atoms with van der Waals surface area (Å²) in [7, 11) is 0. The van der Waals surface area contributed by atoms with E-state index < -0.39 is 47.6 Å². The predicted molar refractivity (Wildman–Crippen MR) is 137 cm³/mol. The van der Waals surface area contributed by atoms with Gasteiger partial charge in [0.1, 0.15) is 23.7 Å². The van der Waals surface area contributed by atoms with Gasteiger partial charge in [-0.05, 0) is 57.1 Å². The van der Waals surface area contributed by atoms with Crippen LogP contribution in [0.5, 0.6) is 0 Å². The third kappa shape index (κ3) is 12.5. The van der Waals surface area contributed by atoms with Crippen molar-refractivity contribution < 1.29 is 29.0 Å². The second-order valence-corrected chi connectivity index (χ2v) is 10.7. The maximum Gasteiger partial charge on any atom is 0.408 e. The normalized spacial score (nSPS) is 13.9. The van der Waals surface area contributed by atoms with Gasteiger partial charge in [-0.25, -0.2) is 9.59 Å². The lowest BCUT2D eigenvalue weighted by molar-refractivity contribution is -0.142. The molecule has 0 aliphatic carbocycles. The number of hydrogen-bond acceptors (Lipinski definition) is 6. The summed E-state index contributed by atoms with van der Waals surface area (Å²) in [4.78, 5) is 50.2. The van der Waals surface area contributed by atoms with E-state index in [4.69, 9.17) is 4.74 Å². The van der Waals surface area contributed by atoms with Gasteiger partial charge in [-0.3, -0.25) is 9.59 Å². The predicted octanol–water partition coefficient (Wildman–Crippen LogP) is 2.98. The Kier molecular flexibility index (Phi) is 12.6. The van der Waals surface area contributed by atoms with Crippen molar-refractivity contribution in [2.24, 2.45) is 5.92 Å². The number of nitrogens with one attached hydrogen (secondary N) is 3. The highest BCUT2D eigenvalue weighted by atomic mass is 32.2. The summed E-state index contributed by atoms with van der Waals surface area (Å²) in [5.74, 6) is -1.63. The van der Waals surface area contributed by atoms with Gasteiger partial charge in [-0.2, -0.15) is 11.8 Å². The van der Waals surface area contributed by atoms with Gasteiger partial charge in [0.05, 0.1) is 0 Å². The Bertz CT molecular complexity index is 841. The summed E-state index contributed by atoms with van der Waals surface area (Å²) >= 11 is 1.52. The molecule has 0 aliphatic heterocycles. The summed E-state index contributed by atoms with van der Waals surface area (Å²) < 4.78 is 5.27. The zero-order valence-corrected chi connectivity index (χ0v) is 22.2. The number of carbonyl (C=O) groups excluding carboxylic acids is 3. The molecule has 3 atom stereocenters. The monoisotopic (exact) mass is 509 g/mol. The van der Waals surface area contributed by atoms with Crippen LogP contribution in [0.2, 0.25) is 0 Å². The first-order valence-electron chi connectivity index (χ1n) is 11.7. The standard InChI is InChI=1S/C25H39N3O6S/c1-16(2)14-19(22(30)27-20(23(31)32)15-17-10-8-7-9-11-17)26-21(29)18(12-13-35-6)28-24(33)34-25(3,4)5/h7-11,16,18-20H,12-15H2,1-6H3,(H,26,29)(H,27,30)(H,28,33)(H,31,32)/t18-,19+,20-/m0/s1. The summed E-state index contributed by atoms with van der Waals surface area (Å²) in [5, 5.41) is 17.5. The Morgan fingerprint density at radius 3 is 2.03 bits per heavy atom. The molecule has 0 saturated carbocycles. The van der Waals surface area contributed by atoms with Crippen molar-refractivity contribution in [3.8, 4) is 0 Å². The van der Waals surface area contributed by atoms with Crippen LogP contribution in [0.25, 0.3) is 0 Å². The second-order valence-electron chi connectivity index (χ2n) is 9.76. The van der Waals surface area contributed by atoms with Gasteiger partial charge in [0, 0.05) is 6.42 Å². The lowest BCUT2D eigenvalue weighted by atomic mass is 10.0. The topological polar surface area (TPSA) is 134 Å². The van der Waals surface area contributed by atoms with Crippen molar-refractivity contribution in [2.75, 3.05) is 12.0 Å². The molecule has 0 aliphatic rings. The fourth-order valence-electron chi connectivity index (χ4n) is 3.25. The summed E-state index contributed by atoms with van der Waals surface area (Å²) in [6, 6.07) is 5.97. The molecule has 1 aromatic carbocycles. The van der Waals surface area contributed by atoms with Crippen molar-refractivity contribution in [3.05, 3.63) is 35.9 Å². The molecule has 3 amide bonds. The molecule has 9 nitrogen and oxygen atoms in total. The van der Waals surface area contributed by atoms with Crippen LogP contribution in [0.3, 0.4) is 0 Å². The van der Waals surface area contributed by atoms with E-state index in [1.54, 1.807) is 45.0 Å². The largest absolute Gasteiger partial charge is 0.480 e. The average Bonchev–Trinajstić information content (AvgIpc) is 2.74. The molecule has 0 aromatic heterocycles. The van der Waals surface area contributed by atoms with E-state index in [1.165, 1.54) is 11.8 Å². The van der Waals surface area contributed by atoms with Crippen LogP contribution in [0, 0.1) is 5.92 Å². The molecule has 35 heavy (non-hydrogen) atoms. The van der Waals surface area contributed by atoms with E-state index in [0.29, 0.717) is 18.6 Å². The van der Waals surface area contributed by atoms with Crippen LogP contribution in [-0.2, 0) is 25.5 Å². The Balaban J connectivity index is 2.96. The summed E-state index contributed by atoms with van der Waals surface area (Å²) in [6.07, 6.45) is 1.92. The van der Waals surface area contributed by atoms with Crippen molar-refractivity contribution in [2.45, 2.75) is 77.6 Å². The first-order chi connectivity index (χ1) is 16.3. The van der Waals surface area contributed by atoms with Gasteiger partial charge >= 0.3 is 12.1 Å². The number of benzene rings is 1. The number of carbonyl (C=O) groups is 4. The Labute approximate surface area is 212 Å². The number of ether oxygens (including phenoxy) is 1. The molecule has 0 spiro atoms. The highest BCUT2D eigenvalue weighted by Crippen LogP contribution is 2.11. The number of thioether (sulfide) groups is 1. The molecule has 0 saturated heterocycles. The van der Waals surface area contributed by atoms with Crippen LogP contribution in [0.15, 0.2) is 30.3 Å². The van der Waals surface area contributed by atoms with Crippen LogP contribution in [-0.4, -0.2) is 64.7 Å². The maximum absolute atomic E-state index is 13.1. The number of alkyl carbamates (subject to hydrolysis) is 1. The van der Waals surface area contributed by atoms with E-state index >= 15 is 0 Å². The lowest BCUT2D eigenvalue weighted by Gasteiger charge is -2.26. The van der Waals surface area contributed by atoms with Gasteiger partial charge < -0.3 is 25.8 Å². The average molecular weight is 510 g/mol. The van der Waals surface area contributed by atoms with Gasteiger partial charge in [0.15, 0.2) is 0 Å². The highest BCUT2D eigenvalue weighted by molar-refractivity contribution is 7.98. The van der Waals surface area contributed by atoms with E-state index in [2.05, 4.69) is 16.0 Å². The molecule has 0 heterocycles. The molecular formula is C25H39N3O6S. The highest BCUT2D eigenvalue weighted by Gasteiger charge is 2.30. The van der Waals surface area contributed by atoms with E-state index in [0.717, 1.165) is 5.56 Å². The zero-order chi connectivity index (χ0) is 26.6. The van der Waals surface area contributed by atoms with Crippen LogP contribution >= 0.6 is 11.8 Å². The molecule has 196 valence electrons. The Morgan fingerprint density at radius 1 is 0.943 bits per heavy atom. The molecule has 0 fully saturated rings. The van der Waals surface area contributed by atoms with Crippen LogP contribution in [0.4, 0.5) is 4.79 Å². The van der Waals surface area contributed by atoms with Crippen molar-refractivity contribution in [1.82, 2.24) is 16.0 Å². The SMILES string of the molecule is CSCC[C@H](NC(=O)OC(C)(C)C)C(=O)N[C@H](CC(C)C)C(=O)N[C@@H](Cc1ccccc1)C(=O)O. The molecule has 10 heteroatoms. The molecule has 4 N–H and O–H groups in total. The molecule has 1 aromatic rings. The zero-order valence-electron chi connectivity index (χ0n) is 21.4. The van der Waals surface area contributed by atoms with Crippen LogP contribution in [0.1, 0.15) is 53.0 Å². The molecule has 1 rings (SSSR count). The van der Waals surface area contributed by atoms with Gasteiger partial charge in [-0.15, -0.1) is 0 Å². The van der Waals surface area contributed by atoms with Crippen LogP contribution < -0.4 is 16.0 Å². The van der Waals surface area contributed by atoms with Gasteiger partial charge in [-0.1, -0.05) is 44.2 Å². The third-order valence-electron chi connectivity index (χ3n) is 4.86. The fourth-order valence-corrected chi connectivity index (χ4v) is 3.72. The molecule has 0 radical (unpaired) electrons. The number of hydrogen-bond donors (Lipinski definition) is 4.